The maximum Gasteiger partial charge on any atom is 0.294 e. The zero-order valence-electron chi connectivity index (χ0n) is 18.1. The van der Waals surface area contributed by atoms with Crippen LogP contribution in [0.4, 0.5) is 5.69 Å². The van der Waals surface area contributed by atoms with E-state index in [2.05, 4.69) is 4.98 Å². The van der Waals surface area contributed by atoms with Crippen molar-refractivity contribution < 1.29 is 14.7 Å². The first-order valence-electron chi connectivity index (χ1n) is 10.6. The molecule has 34 heavy (non-hydrogen) atoms. The lowest BCUT2D eigenvalue weighted by atomic mass is 9.95. The number of thiazole rings is 1. The predicted molar refractivity (Wildman–Crippen MR) is 134 cm³/mol. The summed E-state index contributed by atoms with van der Waals surface area (Å²) in [6.45, 7) is 1.76. The Morgan fingerprint density at radius 1 is 0.971 bits per heavy atom. The van der Waals surface area contributed by atoms with Crippen molar-refractivity contribution in [3.63, 3.8) is 0 Å². The van der Waals surface area contributed by atoms with Gasteiger partial charge in [0.2, 0.25) is 5.78 Å². The van der Waals surface area contributed by atoms with E-state index in [1.165, 1.54) is 16.2 Å². The number of rotatable bonds is 5. The van der Waals surface area contributed by atoms with Crippen molar-refractivity contribution in [3.8, 4) is 10.6 Å². The van der Waals surface area contributed by atoms with Crippen molar-refractivity contribution in [2.45, 2.75) is 13.0 Å². The van der Waals surface area contributed by atoms with Gasteiger partial charge in [-0.2, -0.15) is 0 Å². The van der Waals surface area contributed by atoms with E-state index in [1.807, 2.05) is 60.7 Å². The number of Topliss-reactive ketones (excluding diaryl/α,β-unsaturated/α-hetero) is 1. The summed E-state index contributed by atoms with van der Waals surface area (Å²) in [5.41, 5.74) is 2.74. The molecule has 168 valence electrons. The third kappa shape index (κ3) is 3.81. The summed E-state index contributed by atoms with van der Waals surface area (Å²) in [6.07, 6.45) is 0. The molecule has 1 aliphatic heterocycles. The molecule has 5 nitrogen and oxygen atoms in total. The second-order valence-electron chi connectivity index (χ2n) is 7.86. The molecule has 0 radical (unpaired) electrons. The maximum absolute atomic E-state index is 13.8. The number of aromatic nitrogens is 1. The molecule has 4 aromatic rings. The standard InChI is InChI=1S/C27H19ClN2O3S/c1-16-25(34-26(29-16)18-10-6-3-7-11-18)23(31)21-22(17-8-4-2-5-9-17)30(27(33)24(21)32)20-14-12-19(28)13-15-20/h2-15,22,32H,1H3. The number of hydrogen-bond donors (Lipinski definition) is 1. The number of carbonyl (C=O) groups is 2. The van der Waals surface area contributed by atoms with E-state index >= 15 is 0 Å². The predicted octanol–water partition coefficient (Wildman–Crippen LogP) is 6.55. The molecule has 1 atom stereocenters. The van der Waals surface area contributed by atoms with Gasteiger partial charge in [-0.25, -0.2) is 4.98 Å². The Balaban J connectivity index is 1.62. The lowest BCUT2D eigenvalue weighted by Crippen LogP contribution is -2.31. The third-order valence-electron chi connectivity index (χ3n) is 5.70. The van der Waals surface area contributed by atoms with Gasteiger partial charge >= 0.3 is 0 Å². The summed E-state index contributed by atoms with van der Waals surface area (Å²) in [4.78, 5) is 33.5. The van der Waals surface area contributed by atoms with Crippen LogP contribution in [0.25, 0.3) is 10.6 Å². The Morgan fingerprint density at radius 2 is 1.59 bits per heavy atom. The van der Waals surface area contributed by atoms with E-state index in [1.54, 1.807) is 31.2 Å². The Morgan fingerprint density at radius 3 is 2.24 bits per heavy atom. The van der Waals surface area contributed by atoms with Gasteiger partial charge in [0.05, 0.1) is 22.2 Å². The summed E-state index contributed by atoms with van der Waals surface area (Å²) in [7, 11) is 0. The van der Waals surface area contributed by atoms with Crippen LogP contribution in [0.1, 0.15) is 27.0 Å². The highest BCUT2D eigenvalue weighted by Gasteiger charge is 2.45. The zero-order valence-corrected chi connectivity index (χ0v) is 19.7. The lowest BCUT2D eigenvalue weighted by molar-refractivity contribution is -0.117. The van der Waals surface area contributed by atoms with Crippen LogP contribution < -0.4 is 4.90 Å². The zero-order chi connectivity index (χ0) is 23.8. The number of amides is 1. The summed E-state index contributed by atoms with van der Waals surface area (Å²) in [6, 6.07) is 24.7. The second kappa shape index (κ2) is 8.89. The highest BCUT2D eigenvalue weighted by atomic mass is 35.5. The molecule has 1 N–H and O–H groups in total. The van der Waals surface area contributed by atoms with E-state index in [0.717, 1.165) is 5.56 Å². The van der Waals surface area contributed by atoms with Crippen molar-refractivity contribution in [2.24, 2.45) is 0 Å². The molecule has 0 bridgehead atoms. The number of aliphatic hydroxyl groups is 1. The highest BCUT2D eigenvalue weighted by Crippen LogP contribution is 2.43. The second-order valence-corrected chi connectivity index (χ2v) is 9.29. The smallest absolute Gasteiger partial charge is 0.294 e. The Hall–Kier alpha value is -3.74. The van der Waals surface area contributed by atoms with Gasteiger partial charge < -0.3 is 5.11 Å². The van der Waals surface area contributed by atoms with Gasteiger partial charge in [0.15, 0.2) is 5.76 Å². The number of carbonyl (C=O) groups excluding carboxylic acids is 2. The number of halogens is 1. The number of aliphatic hydroxyl groups excluding tert-OH is 1. The molecule has 5 rings (SSSR count). The summed E-state index contributed by atoms with van der Waals surface area (Å²) in [5.74, 6) is -1.60. The Labute approximate surface area is 205 Å². The summed E-state index contributed by atoms with van der Waals surface area (Å²) in [5, 5.41) is 12.2. The molecule has 2 heterocycles. The van der Waals surface area contributed by atoms with Gasteiger partial charge in [0.1, 0.15) is 5.01 Å². The topological polar surface area (TPSA) is 70.5 Å². The van der Waals surface area contributed by atoms with E-state index in [0.29, 0.717) is 31.9 Å². The summed E-state index contributed by atoms with van der Waals surface area (Å²) >= 11 is 7.30. The van der Waals surface area contributed by atoms with Gasteiger partial charge in [0.25, 0.3) is 5.91 Å². The van der Waals surface area contributed by atoms with Gasteiger partial charge in [-0.1, -0.05) is 72.3 Å². The fraction of sp³-hybridized carbons (Fsp3) is 0.0741. The number of ketones is 1. The molecule has 1 unspecified atom stereocenters. The largest absolute Gasteiger partial charge is 0.503 e. The first kappa shape index (κ1) is 22.1. The van der Waals surface area contributed by atoms with Crippen molar-refractivity contribution in [3.05, 3.63) is 117 Å². The molecular formula is C27H19ClN2O3S. The van der Waals surface area contributed by atoms with Crippen LogP contribution in [0.5, 0.6) is 0 Å². The molecule has 1 amide bonds. The van der Waals surface area contributed by atoms with Crippen molar-refractivity contribution in [1.82, 2.24) is 4.98 Å². The average Bonchev–Trinajstić information content (AvgIpc) is 3.38. The van der Waals surface area contributed by atoms with Gasteiger partial charge in [-0.05, 0) is 36.8 Å². The lowest BCUT2D eigenvalue weighted by Gasteiger charge is -2.27. The average molecular weight is 487 g/mol. The molecular weight excluding hydrogens is 468 g/mol. The van der Waals surface area contributed by atoms with Crippen LogP contribution in [-0.4, -0.2) is 21.8 Å². The molecule has 1 aliphatic rings. The normalized spacial score (nSPS) is 15.8. The van der Waals surface area contributed by atoms with E-state index in [9.17, 15) is 14.7 Å². The van der Waals surface area contributed by atoms with Crippen LogP contribution in [0.2, 0.25) is 5.02 Å². The third-order valence-corrected chi connectivity index (χ3v) is 7.15. The van der Waals surface area contributed by atoms with Crippen LogP contribution in [-0.2, 0) is 4.79 Å². The number of anilines is 1. The number of benzene rings is 3. The van der Waals surface area contributed by atoms with Crippen molar-refractivity contribution in [2.75, 3.05) is 4.90 Å². The molecule has 0 spiro atoms. The van der Waals surface area contributed by atoms with Crippen molar-refractivity contribution in [1.29, 1.82) is 0 Å². The quantitative estimate of drug-likeness (QED) is 0.324. The molecule has 0 saturated heterocycles. The minimum absolute atomic E-state index is 0.0394. The van der Waals surface area contributed by atoms with Crippen LogP contribution in [0.15, 0.2) is 96.3 Å². The molecule has 3 aromatic carbocycles. The van der Waals surface area contributed by atoms with E-state index < -0.39 is 23.5 Å². The molecule has 0 fully saturated rings. The van der Waals surface area contributed by atoms with Crippen LogP contribution in [0.3, 0.4) is 0 Å². The fourth-order valence-corrected chi connectivity index (χ4v) is 5.24. The SMILES string of the molecule is Cc1nc(-c2ccccc2)sc1C(=O)C1=C(O)C(=O)N(c2ccc(Cl)cc2)C1c1ccccc1. The molecule has 1 aromatic heterocycles. The number of nitrogens with zero attached hydrogens (tertiary/aromatic N) is 2. The molecule has 0 saturated carbocycles. The van der Waals surface area contributed by atoms with Gasteiger partial charge in [-0.3, -0.25) is 14.5 Å². The van der Waals surface area contributed by atoms with Crippen LogP contribution in [0, 0.1) is 6.92 Å². The first-order chi connectivity index (χ1) is 16.5. The molecule has 7 heteroatoms. The number of aryl methyl sites for hydroxylation is 1. The van der Waals surface area contributed by atoms with Crippen molar-refractivity contribution >= 4 is 40.3 Å². The fourth-order valence-electron chi connectivity index (χ4n) is 4.09. The number of hydrogen-bond acceptors (Lipinski definition) is 5. The van der Waals surface area contributed by atoms with E-state index in [-0.39, 0.29) is 5.57 Å². The minimum Gasteiger partial charge on any atom is -0.503 e. The maximum atomic E-state index is 13.8. The summed E-state index contributed by atoms with van der Waals surface area (Å²) < 4.78 is 0. The Bertz CT molecular complexity index is 1410. The van der Waals surface area contributed by atoms with Gasteiger partial charge in [0, 0.05) is 16.3 Å². The molecule has 0 aliphatic carbocycles. The minimum atomic E-state index is -0.788. The van der Waals surface area contributed by atoms with Gasteiger partial charge in [-0.15, -0.1) is 11.3 Å². The van der Waals surface area contributed by atoms with E-state index in [4.69, 9.17) is 11.6 Å². The first-order valence-corrected chi connectivity index (χ1v) is 11.8. The van der Waals surface area contributed by atoms with Crippen LogP contribution >= 0.6 is 22.9 Å². The Kier molecular flexibility index (Phi) is 5.77. The highest BCUT2D eigenvalue weighted by molar-refractivity contribution is 7.17. The monoisotopic (exact) mass is 486 g/mol.